The van der Waals surface area contributed by atoms with Gasteiger partial charge in [0, 0.05) is 36.6 Å². The second-order valence-corrected chi connectivity index (χ2v) is 7.89. The van der Waals surface area contributed by atoms with Crippen molar-refractivity contribution in [1.29, 1.82) is 0 Å². The van der Waals surface area contributed by atoms with E-state index < -0.39 is 0 Å². The third kappa shape index (κ3) is 3.94. The molecule has 132 valence electrons. The van der Waals surface area contributed by atoms with Crippen LogP contribution in [0.2, 0.25) is 0 Å². The van der Waals surface area contributed by atoms with Crippen molar-refractivity contribution in [1.82, 2.24) is 19.9 Å². The maximum Gasteiger partial charge on any atom is 0.255 e. The zero-order chi connectivity index (χ0) is 17.8. The summed E-state index contributed by atoms with van der Waals surface area (Å²) in [6, 6.07) is 9.62. The molecule has 7 heteroatoms. The SMILES string of the molecule is O=C(c1ccc(SCc2csc(-c3ccccn3)n2)nc1)N1CCCC1. The number of amides is 1. The monoisotopic (exact) mass is 382 g/mol. The molecular formula is C19H18N4OS2. The van der Waals surface area contributed by atoms with Crippen molar-refractivity contribution in [2.45, 2.75) is 23.6 Å². The van der Waals surface area contributed by atoms with E-state index in [0.29, 0.717) is 5.56 Å². The van der Waals surface area contributed by atoms with Crippen molar-refractivity contribution in [3.05, 3.63) is 59.4 Å². The minimum atomic E-state index is 0.0889. The normalized spacial score (nSPS) is 13.9. The lowest BCUT2D eigenvalue weighted by Gasteiger charge is -2.14. The Labute approximate surface area is 160 Å². The van der Waals surface area contributed by atoms with Gasteiger partial charge in [0.2, 0.25) is 0 Å². The van der Waals surface area contributed by atoms with E-state index in [2.05, 4.69) is 20.3 Å². The number of thiazole rings is 1. The van der Waals surface area contributed by atoms with Gasteiger partial charge >= 0.3 is 0 Å². The minimum absolute atomic E-state index is 0.0889. The van der Waals surface area contributed by atoms with Crippen LogP contribution in [-0.2, 0) is 5.75 Å². The maximum absolute atomic E-state index is 12.3. The Bertz CT molecular complexity index is 874. The molecule has 26 heavy (non-hydrogen) atoms. The highest BCUT2D eigenvalue weighted by Gasteiger charge is 2.19. The highest BCUT2D eigenvalue weighted by Crippen LogP contribution is 2.26. The van der Waals surface area contributed by atoms with Gasteiger partial charge in [-0.25, -0.2) is 9.97 Å². The van der Waals surface area contributed by atoms with Gasteiger partial charge in [-0.3, -0.25) is 9.78 Å². The summed E-state index contributed by atoms with van der Waals surface area (Å²) in [5.74, 6) is 0.835. The summed E-state index contributed by atoms with van der Waals surface area (Å²) in [4.78, 5) is 27.6. The van der Waals surface area contributed by atoms with Crippen molar-refractivity contribution in [2.24, 2.45) is 0 Å². The molecule has 1 aliphatic rings. The Morgan fingerprint density at radius 3 is 2.77 bits per heavy atom. The summed E-state index contributed by atoms with van der Waals surface area (Å²) in [7, 11) is 0. The molecular weight excluding hydrogens is 364 g/mol. The Kier molecular flexibility index (Phi) is 5.26. The van der Waals surface area contributed by atoms with Crippen LogP contribution in [0, 0.1) is 0 Å². The van der Waals surface area contributed by atoms with Gasteiger partial charge in [-0.05, 0) is 37.1 Å². The largest absolute Gasteiger partial charge is 0.339 e. The molecule has 1 saturated heterocycles. The number of thioether (sulfide) groups is 1. The van der Waals surface area contributed by atoms with Gasteiger partial charge in [0.1, 0.15) is 5.01 Å². The van der Waals surface area contributed by atoms with Crippen LogP contribution in [0.5, 0.6) is 0 Å². The number of rotatable bonds is 5. The summed E-state index contributed by atoms with van der Waals surface area (Å²) in [6.07, 6.45) is 5.66. The van der Waals surface area contributed by atoms with Gasteiger partial charge in [-0.15, -0.1) is 23.1 Å². The molecule has 4 rings (SSSR count). The second kappa shape index (κ2) is 7.97. The molecule has 0 saturated carbocycles. The van der Waals surface area contributed by atoms with Crippen molar-refractivity contribution in [3.8, 4) is 10.7 Å². The summed E-state index contributed by atoms with van der Waals surface area (Å²) in [5.41, 5.74) is 2.58. The van der Waals surface area contributed by atoms with Gasteiger partial charge in [-0.1, -0.05) is 6.07 Å². The first-order valence-electron chi connectivity index (χ1n) is 8.53. The highest BCUT2D eigenvalue weighted by molar-refractivity contribution is 7.98. The van der Waals surface area contributed by atoms with Crippen LogP contribution in [0.4, 0.5) is 0 Å². The molecule has 0 bridgehead atoms. The fourth-order valence-corrected chi connectivity index (χ4v) is 4.46. The molecule has 0 aromatic carbocycles. The number of aromatic nitrogens is 3. The van der Waals surface area contributed by atoms with Crippen LogP contribution >= 0.6 is 23.1 Å². The van der Waals surface area contributed by atoms with Gasteiger partial charge < -0.3 is 4.90 Å². The smallest absolute Gasteiger partial charge is 0.255 e. The highest BCUT2D eigenvalue weighted by atomic mass is 32.2. The molecule has 1 fully saturated rings. The molecule has 0 radical (unpaired) electrons. The standard InChI is InChI=1S/C19H18N4OS2/c24-19(23-9-3-4-10-23)14-6-7-17(21-11-14)25-12-15-13-26-18(22-15)16-5-1-2-8-20-16/h1-2,5-8,11,13H,3-4,9-10,12H2. The number of pyridine rings is 2. The molecule has 1 aliphatic heterocycles. The lowest BCUT2D eigenvalue weighted by atomic mass is 10.2. The van der Waals surface area contributed by atoms with Gasteiger partial charge in [0.05, 0.1) is 22.0 Å². The Morgan fingerprint density at radius 1 is 1.15 bits per heavy atom. The van der Waals surface area contributed by atoms with Crippen molar-refractivity contribution in [3.63, 3.8) is 0 Å². The zero-order valence-corrected chi connectivity index (χ0v) is 15.8. The van der Waals surface area contributed by atoms with E-state index in [4.69, 9.17) is 0 Å². The topological polar surface area (TPSA) is 59.0 Å². The molecule has 0 unspecified atom stereocenters. The Morgan fingerprint density at radius 2 is 2.04 bits per heavy atom. The van der Waals surface area contributed by atoms with Crippen molar-refractivity contribution < 1.29 is 4.79 Å². The maximum atomic E-state index is 12.3. The first kappa shape index (κ1) is 17.2. The lowest BCUT2D eigenvalue weighted by molar-refractivity contribution is 0.0792. The van der Waals surface area contributed by atoms with Gasteiger partial charge in [0.15, 0.2) is 0 Å². The van der Waals surface area contributed by atoms with Crippen LogP contribution in [0.25, 0.3) is 10.7 Å². The van der Waals surface area contributed by atoms with E-state index in [1.54, 1.807) is 35.5 Å². The second-order valence-electron chi connectivity index (χ2n) is 6.03. The quantitative estimate of drug-likeness (QED) is 0.621. The fraction of sp³-hybridized carbons (Fsp3) is 0.263. The average molecular weight is 383 g/mol. The van der Waals surface area contributed by atoms with E-state index in [0.717, 1.165) is 53.1 Å². The van der Waals surface area contributed by atoms with E-state index in [1.165, 1.54) is 0 Å². The van der Waals surface area contributed by atoms with E-state index in [9.17, 15) is 4.79 Å². The fourth-order valence-electron chi connectivity index (χ4n) is 2.82. The third-order valence-corrected chi connectivity index (χ3v) is 6.07. The summed E-state index contributed by atoms with van der Waals surface area (Å²) >= 11 is 3.22. The number of hydrogen-bond acceptors (Lipinski definition) is 6. The van der Waals surface area contributed by atoms with Crippen molar-refractivity contribution >= 4 is 29.0 Å². The predicted molar refractivity (Wildman–Crippen MR) is 104 cm³/mol. The molecule has 0 N–H and O–H groups in total. The summed E-state index contributed by atoms with van der Waals surface area (Å²) < 4.78 is 0. The molecule has 3 aromatic heterocycles. The molecule has 0 spiro atoms. The molecule has 1 amide bonds. The lowest BCUT2D eigenvalue weighted by Crippen LogP contribution is -2.27. The van der Waals surface area contributed by atoms with E-state index in [1.807, 2.05) is 35.2 Å². The van der Waals surface area contributed by atoms with Crippen molar-refractivity contribution in [2.75, 3.05) is 13.1 Å². The van der Waals surface area contributed by atoms with Crippen LogP contribution < -0.4 is 0 Å². The first-order chi connectivity index (χ1) is 12.8. The zero-order valence-electron chi connectivity index (χ0n) is 14.2. The molecule has 4 heterocycles. The minimum Gasteiger partial charge on any atom is -0.339 e. The van der Waals surface area contributed by atoms with E-state index in [-0.39, 0.29) is 5.91 Å². The number of hydrogen-bond donors (Lipinski definition) is 0. The predicted octanol–water partition coefficient (Wildman–Crippen LogP) is 4.13. The van der Waals surface area contributed by atoms with Crippen LogP contribution in [-0.4, -0.2) is 38.8 Å². The summed E-state index contributed by atoms with van der Waals surface area (Å²) in [5, 5.41) is 3.89. The summed E-state index contributed by atoms with van der Waals surface area (Å²) in [6.45, 7) is 1.72. The number of nitrogens with zero attached hydrogens (tertiary/aromatic N) is 4. The molecule has 0 atom stereocenters. The van der Waals surface area contributed by atoms with E-state index >= 15 is 0 Å². The Balaban J connectivity index is 1.36. The number of carbonyl (C=O) groups is 1. The molecule has 5 nitrogen and oxygen atoms in total. The van der Waals surface area contributed by atoms with Crippen LogP contribution in [0.1, 0.15) is 28.9 Å². The average Bonchev–Trinajstić information content (AvgIpc) is 3.39. The number of carbonyl (C=O) groups excluding carboxylic acids is 1. The molecule has 3 aromatic rings. The first-order valence-corrected chi connectivity index (χ1v) is 10.4. The Hall–Kier alpha value is -2.25. The van der Waals surface area contributed by atoms with Crippen LogP contribution in [0.3, 0.4) is 0 Å². The van der Waals surface area contributed by atoms with Crippen LogP contribution in [0.15, 0.2) is 53.1 Å². The third-order valence-electron chi connectivity index (χ3n) is 4.18. The van der Waals surface area contributed by atoms with Gasteiger partial charge in [-0.2, -0.15) is 0 Å². The number of likely N-dealkylation sites (tertiary alicyclic amines) is 1. The van der Waals surface area contributed by atoms with Gasteiger partial charge in [0.25, 0.3) is 5.91 Å². The molecule has 0 aliphatic carbocycles.